The van der Waals surface area contributed by atoms with Crippen molar-refractivity contribution in [2.45, 2.75) is 3.66 Å². The van der Waals surface area contributed by atoms with Crippen LogP contribution in [0.25, 0.3) is 0 Å². The normalized spacial score (nSPS) is 31.4. The number of hydrogen-bond acceptors (Lipinski definition) is 4. The minimum atomic E-state index is -3.88. The molecule has 1 atom stereocenters. The Morgan fingerprint density at radius 3 is 2.36 bits per heavy atom. The van der Waals surface area contributed by atoms with Crippen LogP contribution in [0.4, 0.5) is 0 Å². The van der Waals surface area contributed by atoms with Crippen LogP contribution in [0.1, 0.15) is 0 Å². The molecule has 0 bridgehead atoms. The number of halogens is 3. The molecule has 0 aliphatic carbocycles. The molecule has 1 aliphatic rings. The van der Waals surface area contributed by atoms with Gasteiger partial charge in [-0.2, -0.15) is 0 Å². The summed E-state index contributed by atoms with van der Waals surface area (Å²) >= 11 is 11.8. The lowest BCUT2D eigenvalue weighted by Crippen LogP contribution is -2.36. The topological polar surface area (TPSA) is 46.2 Å². The summed E-state index contributed by atoms with van der Waals surface area (Å²) in [5.74, 6) is 0. The van der Waals surface area contributed by atoms with Crippen molar-refractivity contribution >= 4 is 54.7 Å². The maximum absolute atomic E-state index is 10.8. The van der Waals surface area contributed by atoms with Gasteiger partial charge in [0.25, 0.3) is 12.7 Å². The highest BCUT2D eigenvalue weighted by molar-refractivity contribution is 8.27. The highest BCUT2D eigenvalue weighted by atomic mass is 35.7. The molecule has 1 N–H and O–H groups in total. The van der Waals surface area contributed by atoms with E-state index in [1.54, 1.807) is 0 Å². The fraction of sp³-hybridized carbons (Fsp3) is 0.333. The molecule has 0 saturated heterocycles. The van der Waals surface area contributed by atoms with Crippen LogP contribution in [0.3, 0.4) is 0 Å². The summed E-state index contributed by atoms with van der Waals surface area (Å²) in [6.07, 6.45) is 0. The average Bonchev–Trinajstić information content (AvgIpc) is 2.10. The lowest BCUT2D eigenvalue weighted by atomic mass is 11.0. The largest absolute Gasteiger partial charge is 0.335 e. The molecule has 0 amide bonds. The van der Waals surface area contributed by atoms with Crippen LogP contribution in [-0.4, -0.2) is 12.1 Å². The van der Waals surface area contributed by atoms with E-state index in [1.807, 2.05) is 0 Å². The summed E-state index contributed by atoms with van der Waals surface area (Å²) in [6.45, 7) is 0. The quantitative estimate of drug-likeness (QED) is 0.440. The molecule has 64 valence electrons. The predicted molar refractivity (Wildman–Crippen MR) is 48.0 cm³/mol. The lowest BCUT2D eigenvalue weighted by molar-refractivity contribution is 0.598. The monoisotopic (exact) mass is 253 g/mol. The van der Waals surface area contributed by atoms with Crippen LogP contribution in [0.15, 0.2) is 10.6 Å². The Morgan fingerprint density at radius 2 is 2.18 bits per heavy atom. The summed E-state index contributed by atoms with van der Waals surface area (Å²) in [5.41, 5.74) is 0. The molecule has 0 aromatic carbocycles. The van der Waals surface area contributed by atoms with Crippen molar-refractivity contribution in [2.75, 3.05) is 0 Å². The fourth-order valence-electron chi connectivity index (χ4n) is 0.448. The SMILES string of the molecule is O=S(=O)(Cl)C1(Cl)NC(Cl)=CS1. The van der Waals surface area contributed by atoms with Crippen molar-refractivity contribution in [2.24, 2.45) is 0 Å². The van der Waals surface area contributed by atoms with E-state index >= 15 is 0 Å². The highest BCUT2D eigenvalue weighted by Gasteiger charge is 2.44. The first-order valence-electron chi connectivity index (χ1n) is 2.30. The predicted octanol–water partition coefficient (Wildman–Crippen LogP) is 1.78. The maximum atomic E-state index is 10.8. The van der Waals surface area contributed by atoms with Gasteiger partial charge < -0.3 is 5.32 Å². The summed E-state index contributed by atoms with van der Waals surface area (Å²) in [6, 6.07) is 0. The molecule has 0 aromatic heterocycles. The van der Waals surface area contributed by atoms with Gasteiger partial charge in [0.05, 0.1) is 0 Å². The highest BCUT2D eigenvalue weighted by Crippen LogP contribution is 2.42. The number of thioether (sulfide) groups is 1. The molecule has 3 nitrogen and oxygen atoms in total. The standard InChI is InChI=1S/C3H2Cl3NO2S2/c4-2-1-10-3(5,7-2)11(6,8)9/h1,7H. The Labute approximate surface area is 82.5 Å². The van der Waals surface area contributed by atoms with Gasteiger partial charge in [-0.1, -0.05) is 35.0 Å². The van der Waals surface area contributed by atoms with Gasteiger partial charge >= 0.3 is 0 Å². The zero-order valence-corrected chi connectivity index (χ0v) is 8.75. The van der Waals surface area contributed by atoms with Crippen molar-refractivity contribution in [1.82, 2.24) is 5.32 Å². The van der Waals surface area contributed by atoms with E-state index in [1.165, 1.54) is 5.41 Å². The second kappa shape index (κ2) is 2.88. The van der Waals surface area contributed by atoms with E-state index in [0.29, 0.717) is 0 Å². The van der Waals surface area contributed by atoms with Gasteiger partial charge in [0, 0.05) is 16.1 Å². The fourth-order valence-corrected chi connectivity index (χ4v) is 2.88. The third-order valence-corrected chi connectivity index (χ3v) is 5.84. The lowest BCUT2D eigenvalue weighted by Gasteiger charge is -2.16. The Balaban J connectivity index is 2.92. The number of rotatable bonds is 1. The first-order chi connectivity index (χ1) is 4.85. The Kier molecular flexibility index (Phi) is 2.57. The molecule has 0 spiro atoms. The van der Waals surface area contributed by atoms with Crippen LogP contribution in [0.5, 0.6) is 0 Å². The van der Waals surface area contributed by atoms with Crippen molar-refractivity contribution in [3.05, 3.63) is 10.6 Å². The van der Waals surface area contributed by atoms with E-state index in [0.717, 1.165) is 11.8 Å². The first kappa shape index (κ1) is 9.80. The molecule has 0 fully saturated rings. The molecule has 0 aromatic rings. The molecule has 0 radical (unpaired) electrons. The summed E-state index contributed by atoms with van der Waals surface area (Å²) in [5, 5.41) is 3.84. The van der Waals surface area contributed by atoms with Crippen molar-refractivity contribution < 1.29 is 8.42 Å². The minimum Gasteiger partial charge on any atom is -0.335 e. The van der Waals surface area contributed by atoms with Crippen molar-refractivity contribution in [3.8, 4) is 0 Å². The van der Waals surface area contributed by atoms with E-state index in [-0.39, 0.29) is 5.16 Å². The van der Waals surface area contributed by atoms with Crippen LogP contribution in [0, 0.1) is 0 Å². The van der Waals surface area contributed by atoms with E-state index < -0.39 is 12.7 Å². The second-order valence-corrected chi connectivity index (χ2v) is 7.15. The first-order valence-corrected chi connectivity index (χ1v) is 6.24. The van der Waals surface area contributed by atoms with Crippen LogP contribution in [0.2, 0.25) is 0 Å². The van der Waals surface area contributed by atoms with Gasteiger partial charge in [0.15, 0.2) is 0 Å². The summed E-state index contributed by atoms with van der Waals surface area (Å²) < 4.78 is 19.8. The molecule has 8 heteroatoms. The van der Waals surface area contributed by atoms with E-state index in [2.05, 4.69) is 5.32 Å². The maximum Gasteiger partial charge on any atom is 0.282 e. The average molecular weight is 255 g/mol. The number of hydrogen-bond donors (Lipinski definition) is 1. The third kappa shape index (κ3) is 1.89. The number of alkyl halides is 1. The Morgan fingerprint density at radius 1 is 1.64 bits per heavy atom. The van der Waals surface area contributed by atoms with Gasteiger partial charge in [0.2, 0.25) is 0 Å². The van der Waals surface area contributed by atoms with Crippen LogP contribution in [-0.2, 0) is 9.05 Å². The molecule has 1 aliphatic heterocycles. The zero-order valence-electron chi connectivity index (χ0n) is 4.84. The Bertz CT molecular complexity index is 300. The molecular weight excluding hydrogens is 253 g/mol. The van der Waals surface area contributed by atoms with Gasteiger partial charge in [-0.15, -0.1) is 0 Å². The molecule has 1 rings (SSSR count). The van der Waals surface area contributed by atoms with Gasteiger partial charge in [0.1, 0.15) is 5.16 Å². The smallest absolute Gasteiger partial charge is 0.282 e. The molecule has 11 heavy (non-hydrogen) atoms. The van der Waals surface area contributed by atoms with Crippen molar-refractivity contribution in [3.63, 3.8) is 0 Å². The van der Waals surface area contributed by atoms with Crippen LogP contribution >= 0.6 is 45.6 Å². The van der Waals surface area contributed by atoms with Gasteiger partial charge in [-0.05, 0) is 0 Å². The molecule has 0 saturated carbocycles. The third-order valence-electron chi connectivity index (χ3n) is 0.896. The molecule has 1 heterocycles. The minimum absolute atomic E-state index is 0.161. The van der Waals surface area contributed by atoms with Crippen molar-refractivity contribution in [1.29, 1.82) is 0 Å². The number of nitrogens with one attached hydrogen (secondary N) is 1. The van der Waals surface area contributed by atoms with Gasteiger partial charge in [-0.25, -0.2) is 8.42 Å². The summed E-state index contributed by atoms with van der Waals surface area (Å²) in [7, 11) is 1.13. The summed E-state index contributed by atoms with van der Waals surface area (Å²) in [4.78, 5) is 0. The van der Waals surface area contributed by atoms with E-state index in [9.17, 15) is 8.42 Å². The molecule has 1 unspecified atom stereocenters. The Hall–Kier alpha value is 0.710. The van der Waals surface area contributed by atoms with E-state index in [4.69, 9.17) is 33.9 Å². The second-order valence-electron chi connectivity index (χ2n) is 1.68. The zero-order chi connectivity index (χ0) is 8.70. The molecular formula is C3H2Cl3NO2S2. The van der Waals surface area contributed by atoms with Gasteiger partial charge in [-0.3, -0.25) is 0 Å². The van der Waals surface area contributed by atoms with Crippen LogP contribution < -0.4 is 5.32 Å².